The smallest absolute Gasteiger partial charge is 0.338 e. The Kier molecular flexibility index (Phi) is 6.78. The molecule has 144 valence electrons. The van der Waals surface area contributed by atoms with Gasteiger partial charge in [-0.25, -0.2) is 4.79 Å². The lowest BCUT2D eigenvalue weighted by molar-refractivity contribution is -0.125. The zero-order chi connectivity index (χ0) is 20.0. The number of rotatable bonds is 7. The predicted octanol–water partition coefficient (Wildman–Crippen LogP) is 4.58. The first-order valence-electron chi connectivity index (χ1n) is 9.42. The van der Waals surface area contributed by atoms with Crippen LogP contribution in [-0.4, -0.2) is 25.0 Å². The molecule has 0 aliphatic heterocycles. The highest BCUT2D eigenvalue weighted by Crippen LogP contribution is 2.27. The first kappa shape index (κ1) is 20.7. The number of ether oxygens (including phenoxy) is 1. The van der Waals surface area contributed by atoms with Gasteiger partial charge in [-0.15, -0.1) is 0 Å². The van der Waals surface area contributed by atoms with Crippen LogP contribution in [0.15, 0.2) is 48.5 Å². The molecular formula is C23H29NO3. The van der Waals surface area contributed by atoms with Crippen LogP contribution >= 0.6 is 0 Å². The van der Waals surface area contributed by atoms with Gasteiger partial charge < -0.3 is 10.1 Å². The Labute approximate surface area is 161 Å². The summed E-state index contributed by atoms with van der Waals surface area (Å²) in [6, 6.07) is 15.3. The molecule has 0 saturated carbocycles. The number of nitrogens with one attached hydrogen (secondary N) is 1. The molecule has 0 spiro atoms. The van der Waals surface area contributed by atoms with Crippen molar-refractivity contribution >= 4 is 11.9 Å². The number of amides is 1. The van der Waals surface area contributed by atoms with E-state index in [9.17, 15) is 9.59 Å². The molecule has 1 amide bonds. The minimum absolute atomic E-state index is 0.0215. The zero-order valence-corrected chi connectivity index (χ0v) is 16.8. The molecule has 4 nitrogen and oxygen atoms in total. The average molecular weight is 367 g/mol. The highest BCUT2D eigenvalue weighted by molar-refractivity contribution is 5.91. The third kappa shape index (κ3) is 5.19. The fourth-order valence-electron chi connectivity index (χ4n) is 2.77. The van der Waals surface area contributed by atoms with Gasteiger partial charge in [0.15, 0.2) is 0 Å². The fourth-order valence-corrected chi connectivity index (χ4v) is 2.77. The van der Waals surface area contributed by atoms with Crippen molar-refractivity contribution in [2.45, 2.75) is 40.0 Å². The van der Waals surface area contributed by atoms with E-state index in [4.69, 9.17) is 4.74 Å². The highest BCUT2D eigenvalue weighted by atomic mass is 16.5. The van der Waals surface area contributed by atoms with Crippen molar-refractivity contribution in [1.29, 1.82) is 0 Å². The van der Waals surface area contributed by atoms with Crippen LogP contribution in [0.4, 0.5) is 0 Å². The maximum absolute atomic E-state index is 12.5. The number of hydrogen-bond donors (Lipinski definition) is 1. The summed E-state index contributed by atoms with van der Waals surface area (Å²) in [6.45, 7) is 10.8. The Bertz CT molecular complexity index is 792. The van der Waals surface area contributed by atoms with E-state index in [-0.39, 0.29) is 11.9 Å². The van der Waals surface area contributed by atoms with Gasteiger partial charge in [0.2, 0.25) is 5.91 Å². The summed E-state index contributed by atoms with van der Waals surface area (Å²) in [6.07, 6.45) is 0. The summed E-state index contributed by atoms with van der Waals surface area (Å²) in [5.41, 5.74) is 2.80. The zero-order valence-electron chi connectivity index (χ0n) is 16.8. The molecule has 27 heavy (non-hydrogen) atoms. The predicted molar refractivity (Wildman–Crippen MR) is 109 cm³/mol. The molecule has 2 aromatic rings. The SMILES string of the molecule is CCOC(=O)c1cccc(-c2ccc(C(C)(C)C(=O)NCC(C)C)cc2)c1. The van der Waals surface area contributed by atoms with Gasteiger partial charge in [-0.2, -0.15) is 0 Å². The summed E-state index contributed by atoms with van der Waals surface area (Å²) in [4.78, 5) is 24.5. The van der Waals surface area contributed by atoms with E-state index >= 15 is 0 Å². The summed E-state index contributed by atoms with van der Waals surface area (Å²) in [5, 5.41) is 3.01. The molecule has 0 unspecified atom stereocenters. The molecule has 0 heterocycles. The van der Waals surface area contributed by atoms with Gasteiger partial charge in [0.1, 0.15) is 0 Å². The van der Waals surface area contributed by atoms with Gasteiger partial charge in [-0.3, -0.25) is 4.79 Å². The maximum atomic E-state index is 12.5. The molecule has 0 fully saturated rings. The van der Waals surface area contributed by atoms with Crippen molar-refractivity contribution in [2.75, 3.05) is 13.2 Å². The van der Waals surface area contributed by atoms with Crippen molar-refractivity contribution in [3.05, 3.63) is 59.7 Å². The van der Waals surface area contributed by atoms with E-state index in [0.29, 0.717) is 24.6 Å². The number of carbonyl (C=O) groups is 2. The van der Waals surface area contributed by atoms with Crippen LogP contribution in [0, 0.1) is 5.92 Å². The lowest BCUT2D eigenvalue weighted by Gasteiger charge is -2.25. The van der Waals surface area contributed by atoms with E-state index in [0.717, 1.165) is 16.7 Å². The van der Waals surface area contributed by atoms with Crippen molar-refractivity contribution in [1.82, 2.24) is 5.32 Å². The third-order valence-electron chi connectivity index (χ3n) is 4.55. The lowest BCUT2D eigenvalue weighted by Crippen LogP contribution is -2.41. The molecule has 0 saturated heterocycles. The highest BCUT2D eigenvalue weighted by Gasteiger charge is 2.29. The minimum Gasteiger partial charge on any atom is -0.462 e. The van der Waals surface area contributed by atoms with Gasteiger partial charge in [0.25, 0.3) is 0 Å². The molecule has 0 radical (unpaired) electrons. The monoisotopic (exact) mass is 367 g/mol. The molecule has 2 rings (SSSR count). The van der Waals surface area contributed by atoms with Gasteiger partial charge >= 0.3 is 5.97 Å². The number of esters is 1. The van der Waals surface area contributed by atoms with Crippen LogP contribution in [0.25, 0.3) is 11.1 Å². The molecule has 0 bridgehead atoms. The van der Waals surface area contributed by atoms with Gasteiger partial charge in [0.05, 0.1) is 17.6 Å². The second-order valence-electron chi connectivity index (χ2n) is 7.61. The molecule has 0 atom stereocenters. The van der Waals surface area contributed by atoms with Crippen molar-refractivity contribution in [3.8, 4) is 11.1 Å². The summed E-state index contributed by atoms with van der Waals surface area (Å²) in [7, 11) is 0. The fraction of sp³-hybridized carbons (Fsp3) is 0.391. The minimum atomic E-state index is -0.611. The van der Waals surface area contributed by atoms with Crippen LogP contribution in [-0.2, 0) is 14.9 Å². The van der Waals surface area contributed by atoms with Crippen LogP contribution in [0.1, 0.15) is 50.5 Å². The van der Waals surface area contributed by atoms with Crippen molar-refractivity contribution in [3.63, 3.8) is 0 Å². The van der Waals surface area contributed by atoms with Gasteiger partial charge in [0, 0.05) is 6.54 Å². The third-order valence-corrected chi connectivity index (χ3v) is 4.55. The van der Waals surface area contributed by atoms with Crippen LogP contribution in [0.5, 0.6) is 0 Å². The Morgan fingerprint density at radius 1 is 1.04 bits per heavy atom. The normalized spacial score (nSPS) is 11.3. The Morgan fingerprint density at radius 2 is 1.70 bits per heavy atom. The Balaban J connectivity index is 2.21. The molecule has 0 aromatic heterocycles. The second kappa shape index (κ2) is 8.85. The molecule has 0 aliphatic rings. The van der Waals surface area contributed by atoms with E-state index in [1.165, 1.54) is 0 Å². The quantitative estimate of drug-likeness (QED) is 0.729. The van der Waals surface area contributed by atoms with Crippen molar-refractivity contribution in [2.24, 2.45) is 5.92 Å². The van der Waals surface area contributed by atoms with E-state index < -0.39 is 5.41 Å². The number of carbonyl (C=O) groups excluding carboxylic acids is 2. The Morgan fingerprint density at radius 3 is 2.30 bits per heavy atom. The topological polar surface area (TPSA) is 55.4 Å². The van der Waals surface area contributed by atoms with Crippen molar-refractivity contribution < 1.29 is 14.3 Å². The number of benzene rings is 2. The first-order chi connectivity index (χ1) is 12.8. The summed E-state index contributed by atoms with van der Waals surface area (Å²) < 4.78 is 5.07. The van der Waals surface area contributed by atoms with Gasteiger partial charge in [-0.1, -0.05) is 50.2 Å². The van der Waals surface area contributed by atoms with E-state index in [1.807, 2.05) is 56.3 Å². The molecule has 0 aliphatic carbocycles. The standard InChI is InChI=1S/C23H29NO3/c1-6-27-21(25)19-9-7-8-18(14-19)17-10-12-20(13-11-17)23(4,5)22(26)24-15-16(2)3/h7-14,16H,6,15H2,1-5H3,(H,24,26). The van der Waals surface area contributed by atoms with Gasteiger partial charge in [-0.05, 0) is 55.5 Å². The van der Waals surface area contributed by atoms with Crippen LogP contribution < -0.4 is 5.32 Å². The van der Waals surface area contributed by atoms with Crippen LogP contribution in [0.3, 0.4) is 0 Å². The van der Waals surface area contributed by atoms with E-state index in [1.54, 1.807) is 13.0 Å². The largest absolute Gasteiger partial charge is 0.462 e. The summed E-state index contributed by atoms with van der Waals surface area (Å²) in [5.74, 6) is 0.117. The average Bonchev–Trinajstić information content (AvgIpc) is 2.66. The summed E-state index contributed by atoms with van der Waals surface area (Å²) >= 11 is 0. The second-order valence-corrected chi connectivity index (χ2v) is 7.61. The molecule has 1 N–H and O–H groups in total. The molecular weight excluding hydrogens is 338 g/mol. The van der Waals surface area contributed by atoms with E-state index in [2.05, 4.69) is 19.2 Å². The number of hydrogen-bond acceptors (Lipinski definition) is 3. The Hall–Kier alpha value is -2.62. The molecule has 4 heteroatoms. The lowest BCUT2D eigenvalue weighted by atomic mass is 9.83. The first-order valence-corrected chi connectivity index (χ1v) is 9.42. The van der Waals surface area contributed by atoms with Crippen LogP contribution in [0.2, 0.25) is 0 Å². The maximum Gasteiger partial charge on any atom is 0.338 e. The molecule has 2 aromatic carbocycles.